The summed E-state index contributed by atoms with van der Waals surface area (Å²) in [7, 11) is 0. The fraction of sp³-hybridized carbons (Fsp3) is 0.154. The first-order valence-electron chi connectivity index (χ1n) is 5.29. The van der Waals surface area contributed by atoms with E-state index in [0.717, 1.165) is 22.0 Å². The van der Waals surface area contributed by atoms with Crippen molar-refractivity contribution in [2.24, 2.45) is 0 Å². The fourth-order valence-corrected chi connectivity index (χ4v) is 1.88. The molecule has 0 atom stereocenters. The summed E-state index contributed by atoms with van der Waals surface area (Å²) < 4.78 is 11.0. The maximum Gasteiger partial charge on any atom is 0.230 e. The first-order chi connectivity index (χ1) is 7.90. The van der Waals surface area contributed by atoms with Crippen molar-refractivity contribution < 1.29 is 9.15 Å². The highest BCUT2D eigenvalue weighted by Crippen LogP contribution is 2.33. The van der Waals surface area contributed by atoms with E-state index in [1.54, 1.807) is 6.26 Å². The minimum Gasteiger partial charge on any atom is -0.492 e. The summed E-state index contributed by atoms with van der Waals surface area (Å²) in [5.41, 5.74) is 1.52. The minimum atomic E-state index is 0.627. The largest absolute Gasteiger partial charge is 0.492 e. The molecule has 0 saturated carbocycles. The van der Waals surface area contributed by atoms with Crippen LogP contribution < -0.4 is 4.74 Å². The molecule has 0 N–H and O–H groups in total. The van der Waals surface area contributed by atoms with Crippen molar-refractivity contribution >= 4 is 22.0 Å². The fourth-order valence-electron chi connectivity index (χ4n) is 1.88. The lowest BCUT2D eigenvalue weighted by atomic mass is 10.1. The Hall–Kier alpha value is -2.03. The SMILES string of the molecule is CCOc1c2ccccc2nc2occc12. The second kappa shape index (κ2) is 3.52. The summed E-state index contributed by atoms with van der Waals surface area (Å²) in [6.45, 7) is 2.61. The molecule has 3 rings (SSSR count). The Morgan fingerprint density at radius 3 is 2.94 bits per heavy atom. The van der Waals surface area contributed by atoms with Gasteiger partial charge in [0.2, 0.25) is 5.71 Å². The monoisotopic (exact) mass is 213 g/mol. The second-order valence-electron chi connectivity index (χ2n) is 3.53. The Balaban J connectivity index is 2.46. The van der Waals surface area contributed by atoms with Crippen LogP contribution in [0.25, 0.3) is 22.0 Å². The average Bonchev–Trinajstić information content (AvgIpc) is 2.77. The van der Waals surface area contributed by atoms with Crippen molar-refractivity contribution in [1.29, 1.82) is 0 Å². The van der Waals surface area contributed by atoms with Gasteiger partial charge in [-0.05, 0) is 25.1 Å². The van der Waals surface area contributed by atoms with Gasteiger partial charge in [0.1, 0.15) is 5.75 Å². The highest BCUT2D eigenvalue weighted by atomic mass is 16.5. The number of fused-ring (bicyclic) bond motifs is 2. The van der Waals surface area contributed by atoms with Crippen molar-refractivity contribution in [3.8, 4) is 5.75 Å². The maximum absolute atomic E-state index is 5.69. The van der Waals surface area contributed by atoms with Crippen LogP contribution in [0, 0.1) is 0 Å². The van der Waals surface area contributed by atoms with Crippen LogP contribution in [0.4, 0.5) is 0 Å². The number of nitrogens with zero attached hydrogens (tertiary/aromatic N) is 1. The lowest BCUT2D eigenvalue weighted by molar-refractivity contribution is 0.348. The lowest BCUT2D eigenvalue weighted by Gasteiger charge is -2.07. The van der Waals surface area contributed by atoms with E-state index in [1.165, 1.54) is 0 Å². The van der Waals surface area contributed by atoms with Crippen LogP contribution >= 0.6 is 0 Å². The molecule has 2 aromatic heterocycles. The Bertz CT molecular complexity index is 643. The predicted octanol–water partition coefficient (Wildman–Crippen LogP) is 3.38. The van der Waals surface area contributed by atoms with E-state index in [4.69, 9.17) is 9.15 Å². The van der Waals surface area contributed by atoms with E-state index >= 15 is 0 Å². The number of benzene rings is 1. The molecule has 3 aromatic rings. The molecule has 0 amide bonds. The smallest absolute Gasteiger partial charge is 0.230 e. The highest BCUT2D eigenvalue weighted by Gasteiger charge is 2.11. The van der Waals surface area contributed by atoms with E-state index in [-0.39, 0.29) is 0 Å². The zero-order valence-electron chi connectivity index (χ0n) is 8.93. The van der Waals surface area contributed by atoms with Gasteiger partial charge in [0.05, 0.1) is 23.8 Å². The van der Waals surface area contributed by atoms with E-state index in [0.29, 0.717) is 12.3 Å². The summed E-state index contributed by atoms with van der Waals surface area (Å²) in [5.74, 6) is 0.858. The number of ether oxygens (including phenoxy) is 1. The van der Waals surface area contributed by atoms with Gasteiger partial charge >= 0.3 is 0 Å². The van der Waals surface area contributed by atoms with Crippen molar-refractivity contribution in [2.45, 2.75) is 6.92 Å². The lowest BCUT2D eigenvalue weighted by Crippen LogP contribution is -1.94. The zero-order chi connectivity index (χ0) is 11.0. The van der Waals surface area contributed by atoms with Crippen molar-refractivity contribution in [1.82, 2.24) is 4.98 Å². The molecule has 0 fully saturated rings. The van der Waals surface area contributed by atoms with Crippen molar-refractivity contribution in [2.75, 3.05) is 6.61 Å². The second-order valence-corrected chi connectivity index (χ2v) is 3.53. The summed E-state index contributed by atoms with van der Waals surface area (Å²) in [6.07, 6.45) is 1.64. The molecule has 3 heteroatoms. The zero-order valence-corrected chi connectivity index (χ0v) is 8.93. The molecular weight excluding hydrogens is 202 g/mol. The van der Waals surface area contributed by atoms with Gasteiger partial charge in [0.15, 0.2) is 0 Å². The molecule has 2 heterocycles. The molecule has 0 bridgehead atoms. The van der Waals surface area contributed by atoms with E-state index in [9.17, 15) is 0 Å². The van der Waals surface area contributed by atoms with E-state index in [2.05, 4.69) is 4.98 Å². The Morgan fingerprint density at radius 1 is 1.19 bits per heavy atom. The number of para-hydroxylation sites is 1. The summed E-state index contributed by atoms with van der Waals surface area (Å²) in [4.78, 5) is 4.43. The molecule has 1 aromatic carbocycles. The van der Waals surface area contributed by atoms with Crippen molar-refractivity contribution in [3.63, 3.8) is 0 Å². The number of rotatable bonds is 2. The highest BCUT2D eigenvalue weighted by molar-refractivity contribution is 5.99. The number of hydrogen-bond donors (Lipinski definition) is 0. The van der Waals surface area contributed by atoms with Crippen LogP contribution in [0.1, 0.15) is 6.92 Å². The third-order valence-corrected chi connectivity index (χ3v) is 2.55. The maximum atomic E-state index is 5.69. The van der Waals surface area contributed by atoms with Crippen LogP contribution in [0.5, 0.6) is 5.75 Å². The van der Waals surface area contributed by atoms with Gasteiger partial charge in [-0.3, -0.25) is 0 Å². The Kier molecular flexibility index (Phi) is 2.03. The van der Waals surface area contributed by atoms with Crippen LogP contribution in [0.2, 0.25) is 0 Å². The summed E-state index contributed by atoms with van der Waals surface area (Å²) >= 11 is 0. The third kappa shape index (κ3) is 1.25. The first kappa shape index (κ1) is 9.21. The molecule has 0 aliphatic rings. The van der Waals surface area contributed by atoms with E-state index in [1.807, 2.05) is 37.3 Å². The standard InChI is InChI=1S/C13H11NO2/c1-2-15-12-9-5-3-4-6-11(9)14-13-10(12)7-8-16-13/h3-8H,2H2,1H3. The first-order valence-corrected chi connectivity index (χ1v) is 5.29. The molecule has 0 radical (unpaired) electrons. The van der Waals surface area contributed by atoms with Gasteiger partial charge in [-0.25, -0.2) is 4.98 Å². The molecule has 3 nitrogen and oxygen atoms in total. The molecule has 80 valence electrons. The van der Waals surface area contributed by atoms with Crippen LogP contribution in [-0.2, 0) is 0 Å². The topological polar surface area (TPSA) is 35.3 Å². The normalized spacial score (nSPS) is 11.1. The van der Waals surface area contributed by atoms with Crippen LogP contribution in [0.3, 0.4) is 0 Å². The predicted molar refractivity (Wildman–Crippen MR) is 62.7 cm³/mol. The van der Waals surface area contributed by atoms with Gasteiger partial charge in [0.25, 0.3) is 0 Å². The molecular formula is C13H11NO2. The van der Waals surface area contributed by atoms with Crippen molar-refractivity contribution in [3.05, 3.63) is 36.6 Å². The number of furan rings is 1. The molecule has 0 aliphatic heterocycles. The van der Waals surface area contributed by atoms with Crippen LogP contribution in [0.15, 0.2) is 41.0 Å². The average molecular weight is 213 g/mol. The number of aromatic nitrogens is 1. The van der Waals surface area contributed by atoms with Gasteiger partial charge in [-0.2, -0.15) is 0 Å². The van der Waals surface area contributed by atoms with Gasteiger partial charge in [-0.1, -0.05) is 12.1 Å². The minimum absolute atomic E-state index is 0.627. The molecule has 0 unspecified atom stereocenters. The van der Waals surface area contributed by atoms with Crippen LogP contribution in [-0.4, -0.2) is 11.6 Å². The van der Waals surface area contributed by atoms with Gasteiger partial charge < -0.3 is 9.15 Å². The molecule has 0 saturated heterocycles. The number of pyridine rings is 1. The Morgan fingerprint density at radius 2 is 2.06 bits per heavy atom. The Labute approximate surface area is 92.7 Å². The third-order valence-electron chi connectivity index (χ3n) is 2.55. The molecule has 0 spiro atoms. The molecule has 16 heavy (non-hydrogen) atoms. The van der Waals surface area contributed by atoms with Gasteiger partial charge in [-0.15, -0.1) is 0 Å². The van der Waals surface area contributed by atoms with Gasteiger partial charge in [0, 0.05) is 5.39 Å². The number of hydrogen-bond acceptors (Lipinski definition) is 3. The summed E-state index contributed by atoms with van der Waals surface area (Å²) in [6, 6.07) is 9.80. The van der Waals surface area contributed by atoms with E-state index < -0.39 is 0 Å². The summed E-state index contributed by atoms with van der Waals surface area (Å²) in [5, 5.41) is 1.96. The molecule has 0 aliphatic carbocycles. The quantitative estimate of drug-likeness (QED) is 0.654.